The molecule has 0 bridgehead atoms. The molecule has 0 amide bonds. The average Bonchev–Trinajstić information content (AvgIpc) is 3.05. The number of nitrogens with zero attached hydrogens (tertiary/aromatic N) is 2. The quantitative estimate of drug-likeness (QED) is 0.915. The number of benzene rings is 1. The van der Waals surface area contributed by atoms with E-state index in [-0.39, 0.29) is 5.82 Å². The second-order valence-corrected chi connectivity index (χ2v) is 4.87. The molecule has 1 aliphatic rings. The minimum Gasteiger partial charge on any atom is -0.339 e. The van der Waals surface area contributed by atoms with Crippen molar-refractivity contribution in [3.05, 3.63) is 47.4 Å². The van der Waals surface area contributed by atoms with E-state index >= 15 is 0 Å². The van der Waals surface area contributed by atoms with Crippen molar-refractivity contribution in [1.82, 2.24) is 15.5 Å². The summed E-state index contributed by atoms with van der Waals surface area (Å²) in [5.41, 5.74) is 0.592. The molecule has 0 saturated carbocycles. The van der Waals surface area contributed by atoms with Crippen LogP contribution < -0.4 is 5.32 Å². The molecule has 2 heterocycles. The Morgan fingerprint density at radius 1 is 1.37 bits per heavy atom. The zero-order valence-corrected chi connectivity index (χ0v) is 10.6. The molecule has 2 aromatic rings. The van der Waals surface area contributed by atoms with Gasteiger partial charge in [0.05, 0.1) is 0 Å². The lowest BCUT2D eigenvalue weighted by Gasteiger charge is -2.04. The van der Waals surface area contributed by atoms with E-state index in [1.54, 1.807) is 12.1 Å². The molecular weight excluding hydrogens is 245 g/mol. The molecular formula is C14H16FN3O. The van der Waals surface area contributed by atoms with Crippen LogP contribution in [0.2, 0.25) is 0 Å². The molecule has 5 heteroatoms. The van der Waals surface area contributed by atoms with Gasteiger partial charge in [-0.3, -0.25) is 0 Å². The lowest BCUT2D eigenvalue weighted by molar-refractivity contribution is 0.360. The molecule has 1 atom stereocenters. The smallest absolute Gasteiger partial charge is 0.228 e. The third kappa shape index (κ3) is 2.98. The SMILES string of the molecule is Fc1ccccc1Cc1noc(CC2CCCN2)n1. The number of aromatic nitrogens is 2. The van der Waals surface area contributed by atoms with Gasteiger partial charge in [0.2, 0.25) is 5.89 Å². The zero-order chi connectivity index (χ0) is 13.1. The molecule has 1 fully saturated rings. The van der Waals surface area contributed by atoms with Crippen molar-refractivity contribution in [3.63, 3.8) is 0 Å². The Morgan fingerprint density at radius 2 is 2.26 bits per heavy atom. The van der Waals surface area contributed by atoms with Crippen LogP contribution in [0.3, 0.4) is 0 Å². The first-order chi connectivity index (χ1) is 9.31. The topological polar surface area (TPSA) is 51.0 Å². The number of rotatable bonds is 4. The van der Waals surface area contributed by atoms with Gasteiger partial charge in [-0.2, -0.15) is 4.98 Å². The van der Waals surface area contributed by atoms with Crippen molar-refractivity contribution in [2.45, 2.75) is 31.7 Å². The Hall–Kier alpha value is -1.75. The van der Waals surface area contributed by atoms with E-state index in [0.29, 0.717) is 29.7 Å². The second kappa shape index (κ2) is 5.48. The van der Waals surface area contributed by atoms with E-state index in [9.17, 15) is 4.39 Å². The lowest BCUT2D eigenvalue weighted by atomic mass is 10.1. The monoisotopic (exact) mass is 261 g/mol. The maximum absolute atomic E-state index is 13.5. The van der Waals surface area contributed by atoms with Gasteiger partial charge in [-0.05, 0) is 31.0 Å². The first kappa shape index (κ1) is 12.3. The molecule has 1 aromatic heterocycles. The van der Waals surface area contributed by atoms with Gasteiger partial charge in [-0.1, -0.05) is 23.4 Å². The molecule has 19 heavy (non-hydrogen) atoms. The van der Waals surface area contributed by atoms with Crippen molar-refractivity contribution in [1.29, 1.82) is 0 Å². The van der Waals surface area contributed by atoms with E-state index in [4.69, 9.17) is 4.52 Å². The molecule has 1 aromatic carbocycles. The largest absolute Gasteiger partial charge is 0.339 e. The molecule has 3 rings (SSSR count). The summed E-state index contributed by atoms with van der Waals surface area (Å²) in [5, 5.41) is 7.30. The third-order valence-electron chi connectivity index (χ3n) is 3.40. The van der Waals surface area contributed by atoms with Gasteiger partial charge in [0.15, 0.2) is 5.82 Å². The predicted molar refractivity (Wildman–Crippen MR) is 68.2 cm³/mol. The van der Waals surface area contributed by atoms with Gasteiger partial charge in [-0.25, -0.2) is 4.39 Å². The third-order valence-corrected chi connectivity index (χ3v) is 3.40. The maximum atomic E-state index is 13.5. The van der Waals surface area contributed by atoms with E-state index in [1.807, 2.05) is 6.07 Å². The van der Waals surface area contributed by atoms with Crippen molar-refractivity contribution in [2.24, 2.45) is 0 Å². The summed E-state index contributed by atoms with van der Waals surface area (Å²) in [6.45, 7) is 1.06. The fraction of sp³-hybridized carbons (Fsp3) is 0.429. The van der Waals surface area contributed by atoms with Gasteiger partial charge >= 0.3 is 0 Å². The Balaban J connectivity index is 1.66. The Kier molecular flexibility index (Phi) is 3.55. The highest BCUT2D eigenvalue weighted by Gasteiger charge is 2.18. The van der Waals surface area contributed by atoms with Crippen molar-refractivity contribution in [2.75, 3.05) is 6.54 Å². The van der Waals surface area contributed by atoms with Crippen molar-refractivity contribution < 1.29 is 8.91 Å². The molecule has 1 aliphatic heterocycles. The molecule has 100 valence electrons. The van der Waals surface area contributed by atoms with Crippen LogP contribution in [0.4, 0.5) is 4.39 Å². The molecule has 0 spiro atoms. The normalized spacial score (nSPS) is 18.9. The summed E-state index contributed by atoms with van der Waals surface area (Å²) in [4.78, 5) is 4.33. The fourth-order valence-corrected chi connectivity index (χ4v) is 2.40. The number of hydrogen-bond donors (Lipinski definition) is 1. The summed E-state index contributed by atoms with van der Waals surface area (Å²) in [5.74, 6) is 0.940. The van der Waals surface area contributed by atoms with Gasteiger partial charge in [0.1, 0.15) is 5.82 Å². The summed E-state index contributed by atoms with van der Waals surface area (Å²) in [6.07, 6.45) is 3.46. The van der Waals surface area contributed by atoms with Crippen LogP contribution in [0, 0.1) is 5.82 Å². The Labute approximate surface area is 111 Å². The van der Waals surface area contributed by atoms with Crippen LogP contribution in [0.25, 0.3) is 0 Å². The van der Waals surface area contributed by atoms with Crippen LogP contribution in [0.5, 0.6) is 0 Å². The lowest BCUT2D eigenvalue weighted by Crippen LogP contribution is -2.23. The van der Waals surface area contributed by atoms with Crippen LogP contribution in [-0.4, -0.2) is 22.7 Å². The maximum Gasteiger partial charge on any atom is 0.228 e. The predicted octanol–water partition coefficient (Wildman–Crippen LogP) is 2.09. The first-order valence-corrected chi connectivity index (χ1v) is 6.59. The Morgan fingerprint density at radius 3 is 3.05 bits per heavy atom. The van der Waals surface area contributed by atoms with E-state index in [0.717, 1.165) is 19.4 Å². The van der Waals surface area contributed by atoms with Gasteiger partial charge in [-0.15, -0.1) is 0 Å². The van der Waals surface area contributed by atoms with E-state index in [2.05, 4.69) is 15.5 Å². The minimum atomic E-state index is -0.230. The van der Waals surface area contributed by atoms with E-state index in [1.165, 1.54) is 12.5 Å². The van der Waals surface area contributed by atoms with Crippen LogP contribution in [0.15, 0.2) is 28.8 Å². The highest BCUT2D eigenvalue weighted by molar-refractivity contribution is 5.20. The Bertz CT molecular complexity index is 549. The second-order valence-electron chi connectivity index (χ2n) is 4.87. The van der Waals surface area contributed by atoms with Crippen LogP contribution in [-0.2, 0) is 12.8 Å². The number of nitrogens with one attached hydrogen (secondary N) is 1. The molecule has 1 unspecified atom stereocenters. The molecule has 1 saturated heterocycles. The number of halogens is 1. The van der Waals surface area contributed by atoms with E-state index < -0.39 is 0 Å². The first-order valence-electron chi connectivity index (χ1n) is 6.59. The van der Waals surface area contributed by atoms with Crippen molar-refractivity contribution >= 4 is 0 Å². The van der Waals surface area contributed by atoms with Crippen LogP contribution in [0.1, 0.15) is 30.1 Å². The summed E-state index contributed by atoms with van der Waals surface area (Å²) in [6, 6.07) is 7.10. The molecule has 0 aliphatic carbocycles. The highest BCUT2D eigenvalue weighted by Crippen LogP contribution is 2.13. The summed E-state index contributed by atoms with van der Waals surface area (Å²) < 4.78 is 18.7. The van der Waals surface area contributed by atoms with Crippen molar-refractivity contribution in [3.8, 4) is 0 Å². The molecule has 4 nitrogen and oxygen atoms in total. The highest BCUT2D eigenvalue weighted by atomic mass is 19.1. The van der Waals surface area contributed by atoms with Gasteiger partial charge < -0.3 is 9.84 Å². The van der Waals surface area contributed by atoms with Gasteiger partial charge in [0.25, 0.3) is 0 Å². The standard InChI is InChI=1S/C14H16FN3O/c15-12-6-2-1-4-10(12)8-13-17-14(19-18-13)9-11-5-3-7-16-11/h1-2,4,6,11,16H,3,5,7-9H2. The summed E-state index contributed by atoms with van der Waals surface area (Å²) >= 11 is 0. The minimum absolute atomic E-state index is 0.230. The van der Waals surface area contributed by atoms with Gasteiger partial charge in [0, 0.05) is 18.9 Å². The van der Waals surface area contributed by atoms with Crippen LogP contribution >= 0.6 is 0 Å². The average molecular weight is 261 g/mol. The number of hydrogen-bond acceptors (Lipinski definition) is 4. The zero-order valence-electron chi connectivity index (χ0n) is 10.6. The fourth-order valence-electron chi connectivity index (χ4n) is 2.40. The molecule has 0 radical (unpaired) electrons. The summed E-state index contributed by atoms with van der Waals surface area (Å²) in [7, 11) is 0. The molecule has 1 N–H and O–H groups in total.